The number of hydrogen-bond acceptors (Lipinski definition) is 4. The molecule has 18 heavy (non-hydrogen) atoms. The molecule has 0 aliphatic heterocycles. The number of aromatic nitrogens is 1. The fraction of sp³-hybridized carbons (Fsp3) is 0.250. The van der Waals surface area contributed by atoms with E-state index in [-0.39, 0.29) is 0 Å². The molecule has 0 aliphatic carbocycles. The predicted molar refractivity (Wildman–Crippen MR) is 74.0 cm³/mol. The summed E-state index contributed by atoms with van der Waals surface area (Å²) in [5.74, 6) is 1.53. The molecule has 2 aromatic rings. The number of thiazole rings is 1. The van der Waals surface area contributed by atoms with Gasteiger partial charge in [0.05, 0.1) is 23.4 Å². The lowest BCUT2D eigenvalue weighted by atomic mass is 10.2. The van der Waals surface area contributed by atoms with Gasteiger partial charge in [-0.1, -0.05) is 11.6 Å². The molecule has 0 spiro atoms. The van der Waals surface area contributed by atoms with E-state index in [4.69, 9.17) is 32.7 Å². The van der Waals surface area contributed by atoms with Gasteiger partial charge in [0.2, 0.25) is 0 Å². The SMILES string of the molecule is COc1cc(Cl)cc(CCl)c1OCc1cncs1. The van der Waals surface area contributed by atoms with E-state index in [0.29, 0.717) is 29.0 Å². The van der Waals surface area contributed by atoms with Crippen molar-refractivity contribution in [3.8, 4) is 11.5 Å². The van der Waals surface area contributed by atoms with Crippen LogP contribution >= 0.6 is 34.5 Å². The third-order valence-electron chi connectivity index (χ3n) is 2.30. The lowest BCUT2D eigenvalue weighted by molar-refractivity contribution is 0.285. The van der Waals surface area contributed by atoms with Crippen LogP contribution in [0.3, 0.4) is 0 Å². The minimum Gasteiger partial charge on any atom is -0.493 e. The molecule has 0 aliphatic rings. The summed E-state index contributed by atoms with van der Waals surface area (Å²) >= 11 is 13.4. The number of rotatable bonds is 5. The van der Waals surface area contributed by atoms with E-state index in [0.717, 1.165) is 10.4 Å². The minimum atomic E-state index is 0.314. The molecule has 0 bridgehead atoms. The Balaban J connectivity index is 2.24. The van der Waals surface area contributed by atoms with E-state index in [9.17, 15) is 0 Å². The molecule has 6 heteroatoms. The van der Waals surface area contributed by atoms with E-state index < -0.39 is 0 Å². The van der Waals surface area contributed by atoms with Crippen LogP contribution < -0.4 is 9.47 Å². The van der Waals surface area contributed by atoms with Gasteiger partial charge in [-0.25, -0.2) is 0 Å². The Kier molecular flexibility index (Phi) is 4.69. The summed E-state index contributed by atoms with van der Waals surface area (Å²) in [6.45, 7) is 0.437. The second-order valence-electron chi connectivity index (χ2n) is 3.49. The summed E-state index contributed by atoms with van der Waals surface area (Å²) in [4.78, 5) is 5.03. The second kappa shape index (κ2) is 6.27. The van der Waals surface area contributed by atoms with E-state index in [2.05, 4.69) is 4.98 Å². The number of nitrogens with zero attached hydrogens (tertiary/aromatic N) is 1. The van der Waals surface area contributed by atoms with Gasteiger partial charge in [-0.3, -0.25) is 4.98 Å². The number of alkyl halides is 1. The molecule has 0 atom stereocenters. The summed E-state index contributed by atoms with van der Waals surface area (Å²) in [6, 6.07) is 3.48. The van der Waals surface area contributed by atoms with Gasteiger partial charge in [0.1, 0.15) is 6.61 Å². The molecule has 96 valence electrons. The van der Waals surface area contributed by atoms with Crippen LogP contribution in [0, 0.1) is 0 Å². The van der Waals surface area contributed by atoms with Gasteiger partial charge >= 0.3 is 0 Å². The maximum absolute atomic E-state index is 5.98. The number of methoxy groups -OCH3 is 1. The molecule has 0 N–H and O–H groups in total. The predicted octanol–water partition coefficient (Wildman–Crippen LogP) is 4.12. The maximum atomic E-state index is 5.98. The zero-order valence-electron chi connectivity index (χ0n) is 9.65. The lowest BCUT2D eigenvalue weighted by Gasteiger charge is -2.14. The van der Waals surface area contributed by atoms with E-state index in [1.54, 1.807) is 30.9 Å². The van der Waals surface area contributed by atoms with Crippen molar-refractivity contribution in [1.82, 2.24) is 4.98 Å². The van der Waals surface area contributed by atoms with E-state index in [1.165, 1.54) is 11.3 Å². The van der Waals surface area contributed by atoms with Gasteiger partial charge in [-0.2, -0.15) is 0 Å². The van der Waals surface area contributed by atoms with Crippen molar-refractivity contribution >= 4 is 34.5 Å². The average Bonchev–Trinajstić information content (AvgIpc) is 2.89. The third kappa shape index (κ3) is 3.07. The fourth-order valence-corrected chi connectivity index (χ4v) is 2.43. The first kappa shape index (κ1) is 13.5. The topological polar surface area (TPSA) is 31.4 Å². The van der Waals surface area contributed by atoms with Crippen LogP contribution in [0.15, 0.2) is 23.8 Å². The molecule has 0 fully saturated rings. The van der Waals surface area contributed by atoms with Gasteiger partial charge in [-0.05, 0) is 6.07 Å². The molecule has 1 aromatic heterocycles. The van der Waals surface area contributed by atoms with Crippen LogP contribution in [0.2, 0.25) is 5.02 Å². The number of ether oxygens (including phenoxy) is 2. The fourth-order valence-electron chi connectivity index (χ4n) is 1.49. The van der Waals surface area contributed by atoms with Crippen LogP contribution in [0.25, 0.3) is 0 Å². The van der Waals surface area contributed by atoms with Gasteiger partial charge in [0.15, 0.2) is 11.5 Å². The zero-order valence-corrected chi connectivity index (χ0v) is 12.0. The Labute approximate surface area is 119 Å². The van der Waals surface area contributed by atoms with Crippen molar-refractivity contribution in [2.45, 2.75) is 12.5 Å². The van der Waals surface area contributed by atoms with Crippen LogP contribution in [-0.4, -0.2) is 12.1 Å². The van der Waals surface area contributed by atoms with Crippen LogP contribution in [0.4, 0.5) is 0 Å². The maximum Gasteiger partial charge on any atom is 0.166 e. The van der Waals surface area contributed by atoms with Crippen molar-refractivity contribution in [3.05, 3.63) is 39.3 Å². The molecule has 0 unspecified atom stereocenters. The zero-order chi connectivity index (χ0) is 13.0. The first-order valence-corrected chi connectivity index (χ1v) is 6.96. The van der Waals surface area contributed by atoms with E-state index >= 15 is 0 Å². The Morgan fingerprint density at radius 1 is 1.39 bits per heavy atom. The number of benzene rings is 1. The highest BCUT2D eigenvalue weighted by atomic mass is 35.5. The standard InChI is InChI=1S/C12H11Cl2NO2S/c1-16-11-3-9(14)2-8(4-13)12(11)17-6-10-5-15-7-18-10/h2-3,5,7H,4,6H2,1H3. The molecular formula is C12H11Cl2NO2S. The molecule has 0 saturated carbocycles. The molecule has 3 nitrogen and oxygen atoms in total. The average molecular weight is 304 g/mol. The van der Waals surface area contributed by atoms with Crippen molar-refractivity contribution < 1.29 is 9.47 Å². The van der Waals surface area contributed by atoms with Gasteiger partial charge in [0.25, 0.3) is 0 Å². The Bertz CT molecular complexity index is 492. The largest absolute Gasteiger partial charge is 0.493 e. The second-order valence-corrected chi connectivity index (χ2v) is 5.16. The molecule has 1 aromatic carbocycles. The molecule has 0 amide bonds. The highest BCUT2D eigenvalue weighted by molar-refractivity contribution is 7.09. The van der Waals surface area contributed by atoms with Crippen molar-refractivity contribution in [3.63, 3.8) is 0 Å². The Morgan fingerprint density at radius 2 is 2.22 bits per heavy atom. The van der Waals surface area contributed by atoms with Crippen LogP contribution in [0.5, 0.6) is 11.5 Å². The third-order valence-corrected chi connectivity index (χ3v) is 3.56. The van der Waals surface area contributed by atoms with Crippen molar-refractivity contribution in [2.75, 3.05) is 7.11 Å². The summed E-state index contributed by atoms with van der Waals surface area (Å²) in [5, 5.41) is 0.577. The monoisotopic (exact) mass is 303 g/mol. The first-order chi connectivity index (χ1) is 8.74. The molecule has 2 rings (SSSR count). The van der Waals surface area contributed by atoms with Crippen LogP contribution in [-0.2, 0) is 12.5 Å². The normalized spacial score (nSPS) is 10.4. The summed E-state index contributed by atoms with van der Waals surface area (Å²) in [7, 11) is 1.57. The van der Waals surface area contributed by atoms with E-state index in [1.807, 2.05) is 0 Å². The number of halogens is 2. The Hall–Kier alpha value is -0.970. The molecular weight excluding hydrogens is 293 g/mol. The summed E-state index contributed by atoms with van der Waals surface area (Å²) in [6.07, 6.45) is 1.77. The molecule has 0 radical (unpaired) electrons. The molecule has 0 saturated heterocycles. The van der Waals surface area contributed by atoms with Gasteiger partial charge in [-0.15, -0.1) is 22.9 Å². The smallest absolute Gasteiger partial charge is 0.166 e. The summed E-state index contributed by atoms with van der Waals surface area (Å²) < 4.78 is 11.0. The van der Waals surface area contributed by atoms with Gasteiger partial charge < -0.3 is 9.47 Å². The highest BCUT2D eigenvalue weighted by Gasteiger charge is 2.12. The highest BCUT2D eigenvalue weighted by Crippen LogP contribution is 2.36. The van der Waals surface area contributed by atoms with Crippen molar-refractivity contribution in [1.29, 1.82) is 0 Å². The van der Waals surface area contributed by atoms with Crippen LogP contribution in [0.1, 0.15) is 10.4 Å². The number of hydrogen-bond donors (Lipinski definition) is 0. The molecule has 1 heterocycles. The minimum absolute atomic E-state index is 0.314. The van der Waals surface area contributed by atoms with Gasteiger partial charge in [0, 0.05) is 22.8 Å². The van der Waals surface area contributed by atoms with Crippen molar-refractivity contribution in [2.24, 2.45) is 0 Å². The quantitative estimate of drug-likeness (QED) is 0.779. The lowest BCUT2D eigenvalue weighted by Crippen LogP contribution is -1.99. The Morgan fingerprint density at radius 3 is 2.83 bits per heavy atom. The first-order valence-electron chi connectivity index (χ1n) is 5.17. The summed E-state index contributed by atoms with van der Waals surface area (Å²) in [5.41, 5.74) is 2.57.